The van der Waals surface area contributed by atoms with E-state index in [4.69, 9.17) is 0 Å². The van der Waals surface area contributed by atoms with Crippen LogP contribution in [0.15, 0.2) is 28.1 Å². The summed E-state index contributed by atoms with van der Waals surface area (Å²) in [4.78, 5) is 14.1. The molecule has 0 spiro atoms. The second-order valence-electron chi connectivity index (χ2n) is 4.79. The van der Waals surface area contributed by atoms with Gasteiger partial charge in [-0.3, -0.25) is 0 Å². The third kappa shape index (κ3) is 3.35. The maximum atomic E-state index is 12.9. The Morgan fingerprint density at radius 2 is 2.00 bits per heavy atom. The summed E-state index contributed by atoms with van der Waals surface area (Å²) in [5, 5.41) is 28.3. The standard InChI is InChI=1S/C13H6BrF3N4O3S/c14-7-2-5(13(15,16)17)1-6(11(7)22)9-4-25-12(18-9)8-3-10(20-19-8)21(23)24/h1-4,22H,(H,19,20). The fourth-order valence-corrected chi connectivity index (χ4v) is 3.23. The van der Waals surface area contributed by atoms with Gasteiger partial charge in [-0.2, -0.15) is 13.2 Å². The molecular formula is C13H6BrF3N4O3S. The molecule has 0 aliphatic rings. The topological polar surface area (TPSA) is 105 Å². The average Bonchev–Trinajstić information content (AvgIpc) is 3.16. The zero-order chi connectivity index (χ0) is 18.4. The van der Waals surface area contributed by atoms with Gasteiger partial charge in [0.1, 0.15) is 10.8 Å². The van der Waals surface area contributed by atoms with Crippen LogP contribution in [-0.2, 0) is 6.18 Å². The van der Waals surface area contributed by atoms with Gasteiger partial charge in [0.25, 0.3) is 0 Å². The summed E-state index contributed by atoms with van der Waals surface area (Å²) in [6.45, 7) is 0. The maximum Gasteiger partial charge on any atom is 0.416 e. The van der Waals surface area contributed by atoms with E-state index in [2.05, 4.69) is 31.1 Å². The smallest absolute Gasteiger partial charge is 0.416 e. The summed E-state index contributed by atoms with van der Waals surface area (Å²) in [6.07, 6.45) is -4.59. The van der Waals surface area contributed by atoms with E-state index in [9.17, 15) is 28.4 Å². The molecule has 0 amide bonds. The molecule has 7 nitrogen and oxygen atoms in total. The minimum absolute atomic E-state index is 0.0925. The van der Waals surface area contributed by atoms with Gasteiger partial charge in [0.15, 0.2) is 5.69 Å². The largest absolute Gasteiger partial charge is 0.506 e. The maximum absolute atomic E-state index is 12.9. The lowest BCUT2D eigenvalue weighted by molar-refractivity contribution is -0.389. The zero-order valence-corrected chi connectivity index (χ0v) is 14.2. The van der Waals surface area contributed by atoms with Crippen LogP contribution in [0, 0.1) is 10.1 Å². The highest BCUT2D eigenvalue weighted by atomic mass is 79.9. The van der Waals surface area contributed by atoms with Crippen LogP contribution >= 0.6 is 27.3 Å². The quantitative estimate of drug-likeness (QED) is 0.463. The second-order valence-corrected chi connectivity index (χ2v) is 6.50. The van der Waals surface area contributed by atoms with Crippen LogP contribution in [-0.4, -0.2) is 25.2 Å². The molecule has 3 aromatic rings. The van der Waals surface area contributed by atoms with E-state index >= 15 is 0 Å². The normalized spacial score (nSPS) is 11.7. The van der Waals surface area contributed by atoms with Crippen LogP contribution in [0.25, 0.3) is 22.0 Å². The van der Waals surface area contributed by atoms with E-state index in [0.717, 1.165) is 29.5 Å². The number of halogens is 4. The van der Waals surface area contributed by atoms with Gasteiger partial charge in [0.05, 0.1) is 21.8 Å². The van der Waals surface area contributed by atoms with Gasteiger partial charge < -0.3 is 15.2 Å². The molecule has 2 N–H and O–H groups in total. The molecule has 0 bridgehead atoms. The number of hydrogen-bond acceptors (Lipinski definition) is 6. The Morgan fingerprint density at radius 1 is 1.28 bits per heavy atom. The number of benzene rings is 1. The van der Waals surface area contributed by atoms with E-state index < -0.39 is 22.4 Å². The van der Waals surface area contributed by atoms with Crippen LogP contribution in [0.2, 0.25) is 0 Å². The van der Waals surface area contributed by atoms with Crippen molar-refractivity contribution in [2.75, 3.05) is 0 Å². The van der Waals surface area contributed by atoms with Crippen LogP contribution in [0.3, 0.4) is 0 Å². The number of phenols is 1. The molecule has 12 heteroatoms. The molecule has 0 atom stereocenters. The van der Waals surface area contributed by atoms with Crippen molar-refractivity contribution in [2.24, 2.45) is 0 Å². The molecule has 2 heterocycles. The molecular weight excluding hydrogens is 429 g/mol. The van der Waals surface area contributed by atoms with Crippen LogP contribution in [0.4, 0.5) is 19.0 Å². The van der Waals surface area contributed by atoms with Crippen molar-refractivity contribution in [3.8, 4) is 27.7 Å². The number of hydrogen-bond donors (Lipinski definition) is 2. The number of alkyl halides is 3. The van der Waals surface area contributed by atoms with Crippen LogP contribution in [0.1, 0.15) is 5.56 Å². The number of rotatable bonds is 3. The Morgan fingerprint density at radius 3 is 2.60 bits per heavy atom. The Balaban J connectivity index is 2.05. The number of nitrogens with zero attached hydrogens (tertiary/aromatic N) is 3. The van der Waals surface area contributed by atoms with E-state index in [-0.39, 0.29) is 32.2 Å². The van der Waals surface area contributed by atoms with Crippen molar-refractivity contribution >= 4 is 33.1 Å². The third-order valence-electron chi connectivity index (χ3n) is 3.15. The van der Waals surface area contributed by atoms with Gasteiger partial charge >= 0.3 is 12.0 Å². The number of thiazole rings is 1. The van der Waals surface area contributed by atoms with Gasteiger partial charge in [0, 0.05) is 10.9 Å². The molecule has 1 aromatic carbocycles. The number of nitro groups is 1. The molecule has 0 unspecified atom stereocenters. The third-order valence-corrected chi connectivity index (χ3v) is 4.62. The fourth-order valence-electron chi connectivity index (χ4n) is 1.99. The molecule has 0 saturated heterocycles. The minimum Gasteiger partial charge on any atom is -0.506 e. The molecule has 0 fully saturated rings. The first-order chi connectivity index (χ1) is 11.7. The predicted molar refractivity (Wildman–Crippen MR) is 86.2 cm³/mol. The molecule has 3 rings (SSSR count). The minimum atomic E-state index is -4.59. The van der Waals surface area contributed by atoms with E-state index in [0.29, 0.717) is 0 Å². The van der Waals surface area contributed by atoms with Gasteiger partial charge in [-0.15, -0.1) is 16.4 Å². The van der Waals surface area contributed by atoms with Crippen LogP contribution in [0.5, 0.6) is 5.75 Å². The molecule has 0 aliphatic carbocycles. The number of H-pyrrole nitrogens is 1. The lowest BCUT2D eigenvalue weighted by Gasteiger charge is -2.11. The van der Waals surface area contributed by atoms with E-state index in [1.807, 2.05) is 0 Å². The number of phenolic OH excluding ortho intramolecular Hbond substituents is 1. The Labute approximate surface area is 149 Å². The molecule has 2 aromatic heterocycles. The summed E-state index contributed by atoms with van der Waals surface area (Å²) in [7, 11) is 0. The number of aromatic nitrogens is 3. The summed E-state index contributed by atoms with van der Waals surface area (Å²) in [5.41, 5.74) is -0.796. The monoisotopic (exact) mass is 434 g/mol. The first kappa shape index (κ1) is 17.4. The van der Waals surface area contributed by atoms with E-state index in [1.165, 1.54) is 5.38 Å². The van der Waals surface area contributed by atoms with Crippen molar-refractivity contribution in [3.05, 3.63) is 43.7 Å². The van der Waals surface area contributed by atoms with Gasteiger partial charge in [-0.1, -0.05) is 5.10 Å². The fraction of sp³-hybridized carbons (Fsp3) is 0.0769. The summed E-state index contributed by atoms with van der Waals surface area (Å²) >= 11 is 3.92. The summed E-state index contributed by atoms with van der Waals surface area (Å²) in [6, 6.07) is 2.71. The number of aromatic amines is 1. The highest BCUT2D eigenvalue weighted by Crippen LogP contribution is 2.42. The SMILES string of the molecule is O=[N+]([O-])c1cc(-c2nc(-c3cc(C(F)(F)F)cc(Br)c3O)cs2)n[nH]1. The van der Waals surface area contributed by atoms with E-state index in [1.54, 1.807) is 0 Å². The van der Waals surface area contributed by atoms with Crippen molar-refractivity contribution < 1.29 is 23.2 Å². The van der Waals surface area contributed by atoms with Crippen LogP contribution < -0.4 is 0 Å². The van der Waals surface area contributed by atoms with Gasteiger partial charge in [-0.25, -0.2) is 4.98 Å². The van der Waals surface area contributed by atoms with Crippen molar-refractivity contribution in [2.45, 2.75) is 6.18 Å². The predicted octanol–water partition coefficient (Wildman–Crippen LogP) is 4.60. The first-order valence-electron chi connectivity index (χ1n) is 6.42. The lowest BCUT2D eigenvalue weighted by Crippen LogP contribution is -2.05. The molecule has 0 radical (unpaired) electrons. The second kappa shape index (κ2) is 6.11. The molecule has 0 aliphatic heterocycles. The highest BCUT2D eigenvalue weighted by Gasteiger charge is 2.32. The Bertz CT molecular complexity index is 970. The summed E-state index contributed by atoms with van der Waals surface area (Å²) < 4.78 is 38.7. The van der Waals surface area contributed by atoms with Gasteiger partial charge in [-0.05, 0) is 33.0 Å². The molecule has 130 valence electrons. The van der Waals surface area contributed by atoms with Crippen molar-refractivity contribution in [1.82, 2.24) is 15.2 Å². The average molecular weight is 435 g/mol. The Hall–Kier alpha value is -2.47. The number of aromatic hydroxyl groups is 1. The zero-order valence-electron chi connectivity index (χ0n) is 11.8. The first-order valence-corrected chi connectivity index (χ1v) is 8.10. The lowest BCUT2D eigenvalue weighted by atomic mass is 10.1. The Kier molecular flexibility index (Phi) is 4.24. The van der Waals surface area contributed by atoms with Gasteiger partial charge in [0.2, 0.25) is 0 Å². The van der Waals surface area contributed by atoms with Crippen molar-refractivity contribution in [1.29, 1.82) is 0 Å². The highest BCUT2D eigenvalue weighted by molar-refractivity contribution is 9.10. The number of nitrogens with one attached hydrogen (secondary N) is 1. The molecule has 0 saturated carbocycles. The molecule has 25 heavy (non-hydrogen) atoms. The van der Waals surface area contributed by atoms with Crippen molar-refractivity contribution in [3.63, 3.8) is 0 Å². The summed E-state index contributed by atoms with van der Waals surface area (Å²) in [5.74, 6) is -0.728.